The standard InChI is InChI=1S/C25H23FN2O4S/c1-17-3-7-19(8-4-17)16-27(33(31,32)22-13-5-18(2)6-14-22)23-15-24(29)28(25(23)30)21-11-9-20(26)10-12-21/h3-14,23H,15-16H2,1-2H3. The molecule has 0 saturated carbocycles. The SMILES string of the molecule is Cc1ccc(CN(C2CC(=O)N(c3ccc(F)cc3)C2=O)S(=O)(=O)c2ccc(C)cc2)cc1. The zero-order chi connectivity index (χ0) is 23.8. The molecule has 0 radical (unpaired) electrons. The maximum atomic E-state index is 13.6. The molecule has 1 heterocycles. The molecular weight excluding hydrogens is 443 g/mol. The largest absolute Gasteiger partial charge is 0.274 e. The van der Waals surface area contributed by atoms with E-state index < -0.39 is 33.7 Å². The van der Waals surface area contributed by atoms with Gasteiger partial charge in [-0.3, -0.25) is 9.59 Å². The number of carbonyl (C=O) groups is 2. The summed E-state index contributed by atoms with van der Waals surface area (Å²) in [5.41, 5.74) is 2.81. The minimum atomic E-state index is -4.10. The number of benzene rings is 3. The van der Waals surface area contributed by atoms with Crippen molar-refractivity contribution in [2.45, 2.75) is 37.8 Å². The van der Waals surface area contributed by atoms with Crippen molar-refractivity contribution in [3.63, 3.8) is 0 Å². The van der Waals surface area contributed by atoms with E-state index in [0.717, 1.165) is 32.5 Å². The Morgan fingerprint density at radius 2 is 1.42 bits per heavy atom. The monoisotopic (exact) mass is 466 g/mol. The number of hydrogen-bond donors (Lipinski definition) is 0. The van der Waals surface area contributed by atoms with Crippen molar-refractivity contribution in [1.82, 2.24) is 4.31 Å². The van der Waals surface area contributed by atoms with Crippen LogP contribution < -0.4 is 4.90 Å². The maximum absolute atomic E-state index is 13.6. The van der Waals surface area contributed by atoms with Crippen LogP contribution in [0.2, 0.25) is 0 Å². The Balaban J connectivity index is 1.74. The third kappa shape index (κ3) is 4.58. The molecule has 33 heavy (non-hydrogen) atoms. The Kier molecular flexibility index (Phi) is 6.14. The van der Waals surface area contributed by atoms with Crippen LogP contribution in [0.25, 0.3) is 0 Å². The van der Waals surface area contributed by atoms with Crippen molar-refractivity contribution in [3.8, 4) is 0 Å². The second kappa shape index (κ2) is 8.88. The van der Waals surface area contributed by atoms with Crippen molar-refractivity contribution >= 4 is 27.5 Å². The molecule has 3 aromatic carbocycles. The number of anilines is 1. The summed E-state index contributed by atoms with van der Waals surface area (Å²) in [7, 11) is -4.10. The Morgan fingerprint density at radius 1 is 0.879 bits per heavy atom. The van der Waals surface area contributed by atoms with Crippen molar-refractivity contribution in [2.75, 3.05) is 4.90 Å². The van der Waals surface area contributed by atoms with E-state index in [1.54, 1.807) is 24.3 Å². The summed E-state index contributed by atoms with van der Waals surface area (Å²) < 4.78 is 41.7. The van der Waals surface area contributed by atoms with E-state index in [-0.39, 0.29) is 23.5 Å². The molecule has 0 bridgehead atoms. The van der Waals surface area contributed by atoms with E-state index in [1.165, 1.54) is 24.3 Å². The molecule has 1 aliphatic rings. The second-order valence-corrected chi connectivity index (χ2v) is 10.0. The van der Waals surface area contributed by atoms with E-state index in [1.807, 2.05) is 26.0 Å². The van der Waals surface area contributed by atoms with Gasteiger partial charge in [-0.1, -0.05) is 47.5 Å². The second-order valence-electron chi connectivity index (χ2n) is 8.11. The average molecular weight is 467 g/mol. The van der Waals surface area contributed by atoms with E-state index in [0.29, 0.717) is 5.56 Å². The van der Waals surface area contributed by atoms with Gasteiger partial charge >= 0.3 is 0 Å². The Hall–Kier alpha value is -3.36. The van der Waals surface area contributed by atoms with Gasteiger partial charge in [-0.25, -0.2) is 17.7 Å². The van der Waals surface area contributed by atoms with Gasteiger partial charge in [0.2, 0.25) is 15.9 Å². The van der Waals surface area contributed by atoms with E-state index in [2.05, 4.69) is 0 Å². The Bertz CT molecular complexity index is 1290. The quantitative estimate of drug-likeness (QED) is 0.516. The summed E-state index contributed by atoms with van der Waals surface area (Å²) in [6, 6.07) is 17.4. The number of sulfonamides is 1. The van der Waals surface area contributed by atoms with Crippen LogP contribution in [0.1, 0.15) is 23.1 Å². The minimum Gasteiger partial charge on any atom is -0.274 e. The average Bonchev–Trinajstić information content (AvgIpc) is 3.07. The van der Waals surface area contributed by atoms with Crippen molar-refractivity contribution < 1.29 is 22.4 Å². The first-order chi connectivity index (χ1) is 15.7. The van der Waals surface area contributed by atoms with Gasteiger partial charge in [-0.05, 0) is 55.8 Å². The lowest BCUT2D eigenvalue weighted by molar-refractivity contribution is -0.122. The lowest BCUT2D eigenvalue weighted by Crippen LogP contribution is -2.45. The molecule has 1 saturated heterocycles. The van der Waals surface area contributed by atoms with Crippen molar-refractivity contribution in [3.05, 3.63) is 95.3 Å². The van der Waals surface area contributed by atoms with Crippen LogP contribution in [0.3, 0.4) is 0 Å². The van der Waals surface area contributed by atoms with Crippen LogP contribution >= 0.6 is 0 Å². The smallest absolute Gasteiger partial charge is 0.252 e. The molecule has 1 unspecified atom stereocenters. The number of imide groups is 1. The molecule has 0 N–H and O–H groups in total. The van der Waals surface area contributed by atoms with Crippen LogP contribution in [0.4, 0.5) is 10.1 Å². The van der Waals surface area contributed by atoms with Crippen LogP contribution in [0.15, 0.2) is 77.7 Å². The molecule has 0 aromatic heterocycles. The highest BCUT2D eigenvalue weighted by Gasteiger charge is 2.47. The first kappa shape index (κ1) is 22.8. The molecule has 0 aliphatic carbocycles. The molecule has 3 aromatic rings. The summed E-state index contributed by atoms with van der Waals surface area (Å²) >= 11 is 0. The third-order valence-electron chi connectivity index (χ3n) is 5.64. The molecule has 170 valence electrons. The van der Waals surface area contributed by atoms with Gasteiger partial charge in [0.05, 0.1) is 17.0 Å². The third-order valence-corrected chi connectivity index (χ3v) is 7.51. The highest BCUT2D eigenvalue weighted by Crippen LogP contribution is 2.31. The first-order valence-corrected chi connectivity index (χ1v) is 11.9. The fourth-order valence-corrected chi connectivity index (χ4v) is 5.35. The van der Waals surface area contributed by atoms with Crippen LogP contribution in [0, 0.1) is 19.7 Å². The number of carbonyl (C=O) groups excluding carboxylic acids is 2. The van der Waals surface area contributed by atoms with Gasteiger partial charge in [-0.2, -0.15) is 4.31 Å². The number of amides is 2. The summed E-state index contributed by atoms with van der Waals surface area (Å²) in [5.74, 6) is -1.70. The number of hydrogen-bond acceptors (Lipinski definition) is 4. The van der Waals surface area contributed by atoms with Crippen LogP contribution in [0.5, 0.6) is 0 Å². The van der Waals surface area contributed by atoms with E-state index in [4.69, 9.17) is 0 Å². The molecule has 2 amide bonds. The van der Waals surface area contributed by atoms with E-state index >= 15 is 0 Å². The number of nitrogens with zero attached hydrogens (tertiary/aromatic N) is 2. The molecule has 1 aliphatic heterocycles. The van der Waals surface area contributed by atoms with Crippen molar-refractivity contribution in [1.29, 1.82) is 0 Å². The zero-order valence-corrected chi connectivity index (χ0v) is 19.0. The van der Waals surface area contributed by atoms with Gasteiger partial charge in [-0.15, -0.1) is 0 Å². The molecular formula is C25H23FN2O4S. The fourth-order valence-electron chi connectivity index (χ4n) is 3.78. The van der Waals surface area contributed by atoms with Gasteiger partial charge in [0.25, 0.3) is 5.91 Å². The Labute approximate surface area is 192 Å². The summed E-state index contributed by atoms with van der Waals surface area (Å²) in [6.07, 6.45) is -0.298. The van der Waals surface area contributed by atoms with E-state index in [9.17, 15) is 22.4 Å². The first-order valence-electron chi connectivity index (χ1n) is 10.4. The predicted molar refractivity (Wildman–Crippen MR) is 122 cm³/mol. The van der Waals surface area contributed by atoms with Gasteiger partial charge < -0.3 is 0 Å². The highest BCUT2D eigenvalue weighted by atomic mass is 32.2. The van der Waals surface area contributed by atoms with Gasteiger partial charge in [0.1, 0.15) is 11.9 Å². The molecule has 1 fully saturated rings. The summed E-state index contributed by atoms with van der Waals surface area (Å²) in [4.78, 5) is 27.1. The molecule has 0 spiro atoms. The van der Waals surface area contributed by atoms with Gasteiger partial charge in [0, 0.05) is 6.54 Å². The van der Waals surface area contributed by atoms with Crippen molar-refractivity contribution in [2.24, 2.45) is 0 Å². The van der Waals surface area contributed by atoms with Crippen LogP contribution in [-0.2, 0) is 26.2 Å². The summed E-state index contributed by atoms with van der Waals surface area (Å²) in [6.45, 7) is 3.70. The molecule has 8 heteroatoms. The lowest BCUT2D eigenvalue weighted by atomic mass is 10.1. The molecule has 1 atom stereocenters. The topological polar surface area (TPSA) is 74.8 Å². The molecule has 6 nitrogen and oxygen atoms in total. The van der Waals surface area contributed by atoms with Gasteiger partial charge in [0.15, 0.2) is 0 Å². The zero-order valence-electron chi connectivity index (χ0n) is 18.2. The molecule has 4 rings (SSSR count). The number of halogens is 1. The minimum absolute atomic E-state index is 0.0423. The normalized spacial score (nSPS) is 16.6. The maximum Gasteiger partial charge on any atom is 0.252 e. The predicted octanol–water partition coefficient (Wildman–Crippen LogP) is 3.97. The lowest BCUT2D eigenvalue weighted by Gasteiger charge is -2.27. The highest BCUT2D eigenvalue weighted by molar-refractivity contribution is 7.89. The number of rotatable bonds is 6. The number of aryl methyl sites for hydroxylation is 2. The van der Waals surface area contributed by atoms with Crippen LogP contribution in [-0.4, -0.2) is 30.6 Å². The fraction of sp³-hybridized carbons (Fsp3) is 0.200. The Morgan fingerprint density at radius 3 is 2.00 bits per heavy atom. The summed E-state index contributed by atoms with van der Waals surface area (Å²) in [5, 5.41) is 0.